The van der Waals surface area contributed by atoms with E-state index in [1.165, 1.54) is 0 Å². The van der Waals surface area contributed by atoms with Crippen LogP contribution in [0.15, 0.2) is 0 Å². The minimum Gasteiger partial charge on any atom is -0.381 e. The van der Waals surface area contributed by atoms with E-state index in [0.29, 0.717) is 11.8 Å². The third-order valence-electron chi connectivity index (χ3n) is 1.74. The monoisotopic (exact) mass is 124 g/mol. The zero-order valence-corrected chi connectivity index (χ0v) is 5.98. The van der Waals surface area contributed by atoms with Crippen LogP contribution >= 0.6 is 0 Å². The van der Waals surface area contributed by atoms with E-state index in [4.69, 9.17) is 4.74 Å². The number of ether oxygens (including phenoxy) is 1. The van der Waals surface area contributed by atoms with Crippen molar-refractivity contribution in [2.75, 3.05) is 13.2 Å². The standard InChI is InChI=1S/C8H12O/c1-3-4-7(2)8-5-9-6-8/h7-8H,5-6H2,1-2H3/t7-/m0/s1. The van der Waals surface area contributed by atoms with Crippen molar-refractivity contribution in [2.24, 2.45) is 11.8 Å². The second-order valence-electron chi connectivity index (χ2n) is 2.48. The van der Waals surface area contributed by atoms with Gasteiger partial charge >= 0.3 is 0 Å². The van der Waals surface area contributed by atoms with Gasteiger partial charge in [-0.1, -0.05) is 6.92 Å². The van der Waals surface area contributed by atoms with Crippen LogP contribution in [-0.2, 0) is 4.74 Å². The summed E-state index contributed by atoms with van der Waals surface area (Å²) in [6.45, 7) is 5.87. The van der Waals surface area contributed by atoms with Gasteiger partial charge in [0, 0.05) is 11.8 Å². The second kappa shape index (κ2) is 2.89. The minimum absolute atomic E-state index is 0.531. The summed E-state index contributed by atoms with van der Waals surface area (Å²) < 4.78 is 5.03. The average molecular weight is 124 g/mol. The van der Waals surface area contributed by atoms with Crippen molar-refractivity contribution in [3.63, 3.8) is 0 Å². The van der Waals surface area contributed by atoms with Crippen LogP contribution in [0.25, 0.3) is 0 Å². The molecular weight excluding hydrogens is 112 g/mol. The van der Waals surface area contributed by atoms with Gasteiger partial charge in [0.25, 0.3) is 0 Å². The minimum atomic E-state index is 0.531. The fourth-order valence-electron chi connectivity index (χ4n) is 0.888. The maximum absolute atomic E-state index is 5.03. The quantitative estimate of drug-likeness (QED) is 0.479. The first kappa shape index (κ1) is 6.64. The summed E-state index contributed by atoms with van der Waals surface area (Å²) in [5.74, 6) is 7.27. The molecule has 1 heterocycles. The fraction of sp³-hybridized carbons (Fsp3) is 0.750. The van der Waals surface area contributed by atoms with Crippen LogP contribution in [0.1, 0.15) is 13.8 Å². The van der Waals surface area contributed by atoms with E-state index < -0.39 is 0 Å². The predicted octanol–water partition coefficient (Wildman–Crippen LogP) is 1.29. The van der Waals surface area contributed by atoms with Crippen molar-refractivity contribution >= 4 is 0 Å². The van der Waals surface area contributed by atoms with Crippen LogP contribution in [0, 0.1) is 23.7 Å². The van der Waals surface area contributed by atoms with E-state index in [2.05, 4.69) is 18.8 Å². The molecule has 0 aromatic carbocycles. The molecule has 1 atom stereocenters. The molecule has 0 aliphatic carbocycles. The lowest BCUT2D eigenvalue weighted by Crippen LogP contribution is -2.32. The normalized spacial score (nSPS) is 21.6. The van der Waals surface area contributed by atoms with E-state index in [1.807, 2.05) is 6.92 Å². The Hall–Kier alpha value is -0.480. The van der Waals surface area contributed by atoms with E-state index >= 15 is 0 Å². The molecule has 0 aromatic rings. The Morgan fingerprint density at radius 2 is 2.22 bits per heavy atom. The lowest BCUT2D eigenvalue weighted by Gasteiger charge is -2.28. The van der Waals surface area contributed by atoms with Crippen LogP contribution in [0.5, 0.6) is 0 Å². The lowest BCUT2D eigenvalue weighted by atomic mass is 9.93. The largest absolute Gasteiger partial charge is 0.381 e. The molecule has 0 amide bonds. The fourth-order valence-corrected chi connectivity index (χ4v) is 0.888. The predicted molar refractivity (Wildman–Crippen MR) is 36.9 cm³/mol. The van der Waals surface area contributed by atoms with Crippen molar-refractivity contribution < 1.29 is 4.74 Å². The first-order chi connectivity index (χ1) is 4.34. The van der Waals surface area contributed by atoms with Gasteiger partial charge in [0.1, 0.15) is 0 Å². The van der Waals surface area contributed by atoms with Crippen molar-refractivity contribution in [3.05, 3.63) is 0 Å². The second-order valence-corrected chi connectivity index (χ2v) is 2.48. The number of hydrogen-bond donors (Lipinski definition) is 0. The molecule has 0 saturated carbocycles. The highest BCUT2D eigenvalue weighted by Crippen LogP contribution is 2.18. The average Bonchev–Trinajstić information content (AvgIpc) is 1.60. The van der Waals surface area contributed by atoms with E-state index in [9.17, 15) is 0 Å². The highest BCUT2D eigenvalue weighted by atomic mass is 16.5. The van der Waals surface area contributed by atoms with Crippen molar-refractivity contribution in [1.82, 2.24) is 0 Å². The SMILES string of the molecule is CC#C[C@H](C)C1COC1. The Labute approximate surface area is 56.4 Å². The number of hydrogen-bond acceptors (Lipinski definition) is 1. The van der Waals surface area contributed by atoms with Crippen LogP contribution in [0.3, 0.4) is 0 Å². The Bertz CT molecular complexity index is 136. The molecule has 9 heavy (non-hydrogen) atoms. The Morgan fingerprint density at radius 1 is 1.56 bits per heavy atom. The number of rotatable bonds is 1. The van der Waals surface area contributed by atoms with Crippen LogP contribution in [0.2, 0.25) is 0 Å². The molecular formula is C8H12O. The summed E-state index contributed by atoms with van der Waals surface area (Å²) in [4.78, 5) is 0. The first-order valence-corrected chi connectivity index (χ1v) is 3.34. The van der Waals surface area contributed by atoms with Crippen molar-refractivity contribution in [3.8, 4) is 11.8 Å². The van der Waals surface area contributed by atoms with Gasteiger partial charge in [-0.3, -0.25) is 0 Å². The highest BCUT2D eigenvalue weighted by molar-refractivity contribution is 5.02. The van der Waals surface area contributed by atoms with Gasteiger partial charge in [0.05, 0.1) is 13.2 Å². The molecule has 1 rings (SSSR count). The van der Waals surface area contributed by atoms with Crippen LogP contribution < -0.4 is 0 Å². The zero-order chi connectivity index (χ0) is 6.69. The molecule has 1 heteroatoms. The molecule has 1 nitrogen and oxygen atoms in total. The molecule has 0 spiro atoms. The zero-order valence-electron chi connectivity index (χ0n) is 5.98. The summed E-state index contributed by atoms with van der Waals surface area (Å²) in [5, 5.41) is 0. The maximum atomic E-state index is 5.03. The molecule has 0 N–H and O–H groups in total. The van der Waals surface area contributed by atoms with E-state index in [1.54, 1.807) is 0 Å². The molecule has 0 aromatic heterocycles. The molecule has 0 bridgehead atoms. The Morgan fingerprint density at radius 3 is 2.56 bits per heavy atom. The Kier molecular flexibility index (Phi) is 2.13. The van der Waals surface area contributed by atoms with Gasteiger partial charge < -0.3 is 4.74 Å². The molecule has 0 radical (unpaired) electrons. The van der Waals surface area contributed by atoms with E-state index in [-0.39, 0.29) is 0 Å². The molecule has 50 valence electrons. The van der Waals surface area contributed by atoms with Crippen molar-refractivity contribution in [1.29, 1.82) is 0 Å². The summed E-state index contributed by atoms with van der Waals surface area (Å²) in [5.41, 5.74) is 0. The highest BCUT2D eigenvalue weighted by Gasteiger charge is 2.23. The lowest BCUT2D eigenvalue weighted by molar-refractivity contribution is -0.0465. The molecule has 1 aliphatic rings. The van der Waals surface area contributed by atoms with E-state index in [0.717, 1.165) is 13.2 Å². The summed E-state index contributed by atoms with van der Waals surface area (Å²) >= 11 is 0. The third-order valence-corrected chi connectivity index (χ3v) is 1.74. The summed E-state index contributed by atoms with van der Waals surface area (Å²) in [6, 6.07) is 0. The van der Waals surface area contributed by atoms with Gasteiger partial charge in [0.2, 0.25) is 0 Å². The molecule has 1 saturated heterocycles. The van der Waals surface area contributed by atoms with Crippen molar-refractivity contribution in [2.45, 2.75) is 13.8 Å². The molecule has 1 fully saturated rings. The molecule has 1 aliphatic heterocycles. The summed E-state index contributed by atoms with van der Waals surface area (Å²) in [7, 11) is 0. The van der Waals surface area contributed by atoms with Crippen LogP contribution in [0.4, 0.5) is 0 Å². The maximum Gasteiger partial charge on any atom is 0.0528 e. The summed E-state index contributed by atoms with van der Waals surface area (Å²) in [6.07, 6.45) is 0. The van der Waals surface area contributed by atoms with Gasteiger partial charge in [-0.05, 0) is 6.92 Å². The van der Waals surface area contributed by atoms with Gasteiger partial charge in [0.15, 0.2) is 0 Å². The smallest absolute Gasteiger partial charge is 0.0528 e. The van der Waals surface area contributed by atoms with Gasteiger partial charge in [-0.25, -0.2) is 0 Å². The Balaban J connectivity index is 2.29. The molecule has 0 unspecified atom stereocenters. The first-order valence-electron chi connectivity index (χ1n) is 3.34. The van der Waals surface area contributed by atoms with Gasteiger partial charge in [-0.2, -0.15) is 0 Å². The van der Waals surface area contributed by atoms with Crippen LogP contribution in [-0.4, -0.2) is 13.2 Å². The topological polar surface area (TPSA) is 9.23 Å². The van der Waals surface area contributed by atoms with Gasteiger partial charge in [-0.15, -0.1) is 11.8 Å². The third kappa shape index (κ3) is 1.46.